The zero-order valence-corrected chi connectivity index (χ0v) is 12.2. The molecule has 0 heterocycles. The van der Waals surface area contributed by atoms with Gasteiger partial charge < -0.3 is 14.6 Å². The van der Waals surface area contributed by atoms with E-state index in [1.165, 1.54) is 0 Å². The van der Waals surface area contributed by atoms with Crippen LogP contribution >= 0.6 is 11.6 Å². The van der Waals surface area contributed by atoms with Crippen LogP contribution in [0.15, 0.2) is 42.5 Å². The summed E-state index contributed by atoms with van der Waals surface area (Å²) in [5.41, 5.74) is 1.71. The zero-order valence-electron chi connectivity index (χ0n) is 11.5. The van der Waals surface area contributed by atoms with E-state index >= 15 is 0 Å². The molecule has 0 aromatic heterocycles. The Kier molecular flexibility index (Phi) is 4.88. The number of hydrogen-bond acceptors (Lipinski definition) is 3. The fourth-order valence-electron chi connectivity index (χ4n) is 1.86. The van der Waals surface area contributed by atoms with Gasteiger partial charge >= 0.3 is 0 Å². The molecule has 0 amide bonds. The van der Waals surface area contributed by atoms with E-state index in [0.717, 1.165) is 11.3 Å². The fraction of sp³-hybridized carbons (Fsp3) is 0.250. The minimum Gasteiger partial charge on any atom is -0.497 e. The number of hydrogen-bond donors (Lipinski definition) is 1. The summed E-state index contributed by atoms with van der Waals surface area (Å²) in [6.07, 6.45) is -0.625. The van der Waals surface area contributed by atoms with Crippen LogP contribution in [0.4, 0.5) is 0 Å². The molecule has 1 N–H and O–H groups in total. The van der Waals surface area contributed by atoms with Crippen LogP contribution in [0.3, 0.4) is 0 Å². The Morgan fingerprint density at radius 2 is 1.85 bits per heavy atom. The van der Waals surface area contributed by atoms with Crippen molar-refractivity contribution in [2.45, 2.75) is 19.6 Å². The molecule has 2 aromatic rings. The van der Waals surface area contributed by atoms with E-state index in [-0.39, 0.29) is 0 Å². The summed E-state index contributed by atoms with van der Waals surface area (Å²) in [4.78, 5) is 0. The maximum Gasteiger partial charge on any atom is 0.125 e. The Hall–Kier alpha value is -1.71. The summed E-state index contributed by atoms with van der Waals surface area (Å²) in [5, 5.41) is 10.3. The van der Waals surface area contributed by atoms with Crippen LogP contribution in [-0.2, 0) is 6.61 Å². The Balaban J connectivity index is 2.10. The van der Waals surface area contributed by atoms with Gasteiger partial charge in [-0.25, -0.2) is 0 Å². The minimum absolute atomic E-state index is 0.422. The Labute approximate surface area is 123 Å². The second-order valence-corrected chi connectivity index (χ2v) is 4.93. The fourth-order valence-corrected chi connectivity index (χ4v) is 2.04. The predicted octanol–water partition coefficient (Wildman–Crippen LogP) is 3.98. The van der Waals surface area contributed by atoms with Crippen LogP contribution in [0.2, 0.25) is 5.02 Å². The van der Waals surface area contributed by atoms with Crippen LogP contribution in [-0.4, -0.2) is 12.2 Å². The highest BCUT2D eigenvalue weighted by Gasteiger charge is 2.10. The van der Waals surface area contributed by atoms with Crippen molar-refractivity contribution in [3.8, 4) is 11.5 Å². The molecule has 4 heteroatoms. The van der Waals surface area contributed by atoms with Crippen LogP contribution in [0, 0.1) is 0 Å². The number of rotatable bonds is 5. The first-order valence-electron chi connectivity index (χ1n) is 6.33. The smallest absolute Gasteiger partial charge is 0.125 e. The lowest BCUT2D eigenvalue weighted by Crippen LogP contribution is -2.01. The van der Waals surface area contributed by atoms with Gasteiger partial charge in [-0.3, -0.25) is 0 Å². The van der Waals surface area contributed by atoms with Crippen molar-refractivity contribution in [3.63, 3.8) is 0 Å². The van der Waals surface area contributed by atoms with E-state index < -0.39 is 6.10 Å². The van der Waals surface area contributed by atoms with Crippen molar-refractivity contribution in [1.29, 1.82) is 0 Å². The molecule has 0 saturated heterocycles. The zero-order chi connectivity index (χ0) is 14.5. The number of aliphatic hydroxyl groups is 1. The first-order valence-corrected chi connectivity index (χ1v) is 6.71. The summed E-state index contributed by atoms with van der Waals surface area (Å²) < 4.78 is 10.9. The van der Waals surface area contributed by atoms with Gasteiger partial charge in [-0.05, 0) is 42.8 Å². The van der Waals surface area contributed by atoms with Crippen molar-refractivity contribution >= 4 is 11.6 Å². The molecular weight excluding hydrogens is 276 g/mol. The third kappa shape index (κ3) is 3.65. The van der Waals surface area contributed by atoms with E-state index in [1.54, 1.807) is 32.2 Å². The van der Waals surface area contributed by atoms with Gasteiger partial charge in [-0.15, -0.1) is 0 Å². The lowest BCUT2D eigenvalue weighted by Gasteiger charge is -2.14. The summed E-state index contributed by atoms with van der Waals surface area (Å²) in [6, 6.07) is 12.9. The van der Waals surface area contributed by atoms with Gasteiger partial charge in [0.05, 0.1) is 13.2 Å². The minimum atomic E-state index is -0.625. The van der Waals surface area contributed by atoms with E-state index in [9.17, 15) is 5.11 Å². The highest BCUT2D eigenvalue weighted by Crippen LogP contribution is 2.29. The van der Waals surface area contributed by atoms with Crippen LogP contribution in [0.25, 0.3) is 0 Å². The standard InChI is InChI=1S/C16H17ClO3/c1-11(18)15-9-13(17)5-8-16(15)20-10-12-3-6-14(19-2)7-4-12/h3-9,11,18H,10H2,1-2H3/t11-/m1/s1. The first-order chi connectivity index (χ1) is 9.60. The Bertz CT molecular complexity index is 564. The highest BCUT2D eigenvalue weighted by atomic mass is 35.5. The summed E-state index contributed by atoms with van der Waals surface area (Å²) >= 11 is 5.93. The molecule has 0 aliphatic heterocycles. The van der Waals surface area contributed by atoms with Gasteiger partial charge in [-0.1, -0.05) is 23.7 Å². The topological polar surface area (TPSA) is 38.7 Å². The number of aliphatic hydroxyl groups excluding tert-OH is 1. The lowest BCUT2D eigenvalue weighted by atomic mass is 10.1. The normalized spacial score (nSPS) is 12.0. The van der Waals surface area contributed by atoms with E-state index in [0.29, 0.717) is 22.9 Å². The SMILES string of the molecule is COc1ccc(COc2ccc(Cl)cc2[C@@H](C)O)cc1. The molecule has 0 radical (unpaired) electrons. The molecule has 0 aliphatic rings. The molecule has 106 valence electrons. The monoisotopic (exact) mass is 292 g/mol. The quantitative estimate of drug-likeness (QED) is 0.906. The van der Waals surface area contributed by atoms with Crippen LogP contribution in [0.1, 0.15) is 24.2 Å². The number of halogens is 1. The maximum absolute atomic E-state index is 9.74. The molecule has 0 unspecified atom stereocenters. The molecule has 0 saturated carbocycles. The first kappa shape index (κ1) is 14.7. The number of benzene rings is 2. The summed E-state index contributed by atoms with van der Waals surface area (Å²) in [6.45, 7) is 2.11. The largest absolute Gasteiger partial charge is 0.497 e. The lowest BCUT2D eigenvalue weighted by molar-refractivity contribution is 0.190. The molecule has 1 atom stereocenters. The highest BCUT2D eigenvalue weighted by molar-refractivity contribution is 6.30. The Morgan fingerprint density at radius 3 is 2.45 bits per heavy atom. The summed E-state index contributed by atoms with van der Waals surface area (Å²) in [5.74, 6) is 1.45. The Morgan fingerprint density at radius 1 is 1.15 bits per heavy atom. The van der Waals surface area contributed by atoms with Crippen molar-refractivity contribution in [2.24, 2.45) is 0 Å². The molecular formula is C16H17ClO3. The van der Waals surface area contributed by atoms with Crippen molar-refractivity contribution in [2.75, 3.05) is 7.11 Å². The number of ether oxygens (including phenoxy) is 2. The molecule has 20 heavy (non-hydrogen) atoms. The average molecular weight is 293 g/mol. The molecule has 3 nitrogen and oxygen atoms in total. The van der Waals surface area contributed by atoms with E-state index in [4.69, 9.17) is 21.1 Å². The second-order valence-electron chi connectivity index (χ2n) is 4.49. The van der Waals surface area contributed by atoms with Gasteiger partial charge in [0.2, 0.25) is 0 Å². The van der Waals surface area contributed by atoms with Gasteiger partial charge in [0, 0.05) is 10.6 Å². The maximum atomic E-state index is 9.74. The molecule has 2 rings (SSSR count). The molecule has 0 bridgehead atoms. The van der Waals surface area contributed by atoms with Crippen molar-refractivity contribution < 1.29 is 14.6 Å². The molecule has 0 aliphatic carbocycles. The number of methoxy groups -OCH3 is 1. The van der Waals surface area contributed by atoms with Gasteiger partial charge in [0.1, 0.15) is 18.1 Å². The van der Waals surface area contributed by atoms with E-state index in [1.807, 2.05) is 24.3 Å². The molecule has 0 spiro atoms. The third-order valence-corrected chi connectivity index (χ3v) is 3.21. The predicted molar refractivity (Wildman–Crippen MR) is 79.4 cm³/mol. The average Bonchev–Trinajstić information content (AvgIpc) is 2.46. The molecule has 2 aromatic carbocycles. The third-order valence-electron chi connectivity index (χ3n) is 2.98. The van der Waals surface area contributed by atoms with Gasteiger partial charge in [-0.2, -0.15) is 0 Å². The molecule has 0 fully saturated rings. The summed E-state index contributed by atoms with van der Waals surface area (Å²) in [7, 11) is 1.63. The van der Waals surface area contributed by atoms with Crippen molar-refractivity contribution in [1.82, 2.24) is 0 Å². The van der Waals surface area contributed by atoms with Crippen LogP contribution in [0.5, 0.6) is 11.5 Å². The van der Waals surface area contributed by atoms with Gasteiger partial charge in [0.15, 0.2) is 0 Å². The van der Waals surface area contributed by atoms with Crippen LogP contribution < -0.4 is 9.47 Å². The van der Waals surface area contributed by atoms with E-state index in [2.05, 4.69) is 0 Å². The van der Waals surface area contributed by atoms with Gasteiger partial charge in [0.25, 0.3) is 0 Å². The van der Waals surface area contributed by atoms with Crippen molar-refractivity contribution in [3.05, 3.63) is 58.6 Å². The second kappa shape index (κ2) is 6.64.